The quantitative estimate of drug-likeness (QED) is 0.855. The van der Waals surface area contributed by atoms with Gasteiger partial charge in [0.05, 0.1) is 15.6 Å². The van der Waals surface area contributed by atoms with Crippen molar-refractivity contribution in [2.75, 3.05) is 10.5 Å². The first-order chi connectivity index (χ1) is 9.29. The molecule has 0 aromatic heterocycles. The van der Waals surface area contributed by atoms with E-state index in [-0.39, 0.29) is 16.3 Å². The van der Waals surface area contributed by atoms with Crippen LogP contribution in [-0.4, -0.2) is 8.42 Å². The molecular formula is C13H12ClFN2O2S. The third-order valence-electron chi connectivity index (χ3n) is 2.66. The second-order valence-electron chi connectivity index (χ2n) is 4.26. The highest BCUT2D eigenvalue weighted by molar-refractivity contribution is 7.92. The number of halogens is 2. The number of rotatable bonds is 3. The minimum absolute atomic E-state index is 0.00113. The standard InChI is InChI=1S/C13H12ClFN2O2S/c1-8-6-11(7-12(16)13(8)14)20(18,19)17-10-4-2-9(15)3-5-10/h2-7,17H,16H2,1H3. The number of sulfonamides is 1. The normalized spacial score (nSPS) is 11.3. The molecular weight excluding hydrogens is 303 g/mol. The molecule has 3 N–H and O–H groups in total. The summed E-state index contributed by atoms with van der Waals surface area (Å²) in [6, 6.07) is 7.70. The molecule has 4 nitrogen and oxygen atoms in total. The SMILES string of the molecule is Cc1cc(S(=O)(=O)Nc2ccc(F)cc2)cc(N)c1Cl. The van der Waals surface area contributed by atoms with E-state index in [1.54, 1.807) is 6.92 Å². The van der Waals surface area contributed by atoms with Gasteiger partial charge in [0.2, 0.25) is 0 Å². The summed E-state index contributed by atoms with van der Waals surface area (Å²) in [5.41, 5.74) is 6.67. The first-order valence-electron chi connectivity index (χ1n) is 5.63. The van der Waals surface area contributed by atoms with Crippen LogP contribution < -0.4 is 10.5 Å². The average Bonchev–Trinajstić information content (AvgIpc) is 2.38. The van der Waals surface area contributed by atoms with Gasteiger partial charge in [-0.05, 0) is 48.9 Å². The van der Waals surface area contributed by atoms with E-state index >= 15 is 0 Å². The van der Waals surface area contributed by atoms with Crippen LogP contribution in [0.2, 0.25) is 5.02 Å². The molecule has 0 heterocycles. The zero-order valence-electron chi connectivity index (χ0n) is 10.5. The fourth-order valence-corrected chi connectivity index (χ4v) is 2.94. The van der Waals surface area contributed by atoms with Crippen molar-refractivity contribution in [2.45, 2.75) is 11.8 Å². The maximum atomic E-state index is 12.8. The highest BCUT2D eigenvalue weighted by Gasteiger charge is 2.17. The van der Waals surface area contributed by atoms with E-state index in [2.05, 4.69) is 4.72 Å². The first-order valence-corrected chi connectivity index (χ1v) is 7.50. The predicted octanol–water partition coefficient (Wildman–Crippen LogP) is 3.17. The lowest BCUT2D eigenvalue weighted by Crippen LogP contribution is -2.13. The molecule has 2 rings (SSSR count). The van der Waals surface area contributed by atoms with Crippen molar-refractivity contribution in [1.29, 1.82) is 0 Å². The maximum absolute atomic E-state index is 12.8. The van der Waals surface area contributed by atoms with Crippen LogP contribution in [0.3, 0.4) is 0 Å². The van der Waals surface area contributed by atoms with Crippen LogP contribution in [-0.2, 0) is 10.0 Å². The molecule has 0 unspecified atom stereocenters. The Balaban J connectivity index is 2.38. The highest BCUT2D eigenvalue weighted by atomic mass is 35.5. The second kappa shape index (κ2) is 5.30. The molecule has 0 radical (unpaired) electrons. The molecule has 0 aliphatic rings. The van der Waals surface area contributed by atoms with Gasteiger partial charge in [-0.3, -0.25) is 4.72 Å². The summed E-state index contributed by atoms with van der Waals surface area (Å²) in [6.45, 7) is 1.66. The van der Waals surface area contributed by atoms with E-state index in [0.717, 1.165) is 0 Å². The van der Waals surface area contributed by atoms with E-state index in [1.165, 1.54) is 36.4 Å². The topological polar surface area (TPSA) is 72.2 Å². The average molecular weight is 315 g/mol. The minimum Gasteiger partial charge on any atom is -0.397 e. The number of hydrogen-bond acceptors (Lipinski definition) is 3. The molecule has 7 heteroatoms. The summed E-state index contributed by atoms with van der Waals surface area (Å²) in [7, 11) is -3.80. The monoisotopic (exact) mass is 314 g/mol. The van der Waals surface area contributed by atoms with Crippen molar-refractivity contribution in [3.8, 4) is 0 Å². The molecule has 0 fully saturated rings. The summed E-state index contributed by atoms with van der Waals surface area (Å²) in [6.07, 6.45) is 0. The van der Waals surface area contributed by atoms with Crippen LogP contribution >= 0.6 is 11.6 Å². The van der Waals surface area contributed by atoms with Crippen molar-refractivity contribution in [1.82, 2.24) is 0 Å². The smallest absolute Gasteiger partial charge is 0.261 e. The molecule has 0 spiro atoms. The Kier molecular flexibility index (Phi) is 3.87. The first kappa shape index (κ1) is 14.6. The van der Waals surface area contributed by atoms with Crippen LogP contribution in [0.15, 0.2) is 41.3 Å². The number of anilines is 2. The van der Waals surface area contributed by atoms with Gasteiger partial charge in [0.1, 0.15) is 5.82 Å². The van der Waals surface area contributed by atoms with Crippen LogP contribution in [0.25, 0.3) is 0 Å². The predicted molar refractivity (Wildman–Crippen MR) is 77.8 cm³/mol. The number of aryl methyl sites for hydroxylation is 1. The van der Waals surface area contributed by atoms with Gasteiger partial charge in [-0.1, -0.05) is 11.6 Å². The van der Waals surface area contributed by atoms with Crippen LogP contribution in [0.5, 0.6) is 0 Å². The third-order valence-corrected chi connectivity index (χ3v) is 4.54. The Hall–Kier alpha value is -1.79. The van der Waals surface area contributed by atoms with Crippen LogP contribution in [0.4, 0.5) is 15.8 Å². The van der Waals surface area contributed by atoms with Crippen LogP contribution in [0.1, 0.15) is 5.56 Å². The second-order valence-corrected chi connectivity index (χ2v) is 6.32. The molecule has 20 heavy (non-hydrogen) atoms. The summed E-state index contributed by atoms with van der Waals surface area (Å²) in [5.74, 6) is -0.445. The Morgan fingerprint density at radius 3 is 2.35 bits per heavy atom. The number of nitrogen functional groups attached to an aromatic ring is 1. The third kappa shape index (κ3) is 3.02. The van der Waals surface area contributed by atoms with Crippen LogP contribution in [0, 0.1) is 12.7 Å². The van der Waals surface area contributed by atoms with Crippen molar-refractivity contribution in [3.63, 3.8) is 0 Å². The Morgan fingerprint density at radius 2 is 1.80 bits per heavy atom. The van der Waals surface area contributed by atoms with Crippen molar-refractivity contribution in [3.05, 3.63) is 52.8 Å². The molecule has 0 aliphatic heterocycles. The van der Waals surface area contributed by atoms with E-state index in [1.807, 2.05) is 0 Å². The van der Waals surface area contributed by atoms with Crippen molar-refractivity contribution in [2.24, 2.45) is 0 Å². The summed E-state index contributed by atoms with van der Waals surface area (Å²) in [4.78, 5) is 0.00113. The molecule has 0 saturated heterocycles. The molecule has 2 aromatic carbocycles. The lowest BCUT2D eigenvalue weighted by atomic mass is 10.2. The van der Waals surface area contributed by atoms with Gasteiger partial charge in [0, 0.05) is 5.69 Å². The fraction of sp³-hybridized carbons (Fsp3) is 0.0769. The van der Waals surface area contributed by atoms with Crippen molar-refractivity contribution < 1.29 is 12.8 Å². The van der Waals surface area contributed by atoms with Gasteiger partial charge in [0.25, 0.3) is 10.0 Å². The van der Waals surface area contributed by atoms with E-state index in [0.29, 0.717) is 10.6 Å². The zero-order chi connectivity index (χ0) is 14.9. The lowest BCUT2D eigenvalue weighted by Gasteiger charge is -2.10. The molecule has 0 aliphatic carbocycles. The summed E-state index contributed by atoms with van der Waals surface area (Å²) in [5, 5.41) is 0.325. The van der Waals surface area contributed by atoms with Gasteiger partial charge in [0.15, 0.2) is 0 Å². The molecule has 0 amide bonds. The Bertz CT molecular complexity index is 722. The number of nitrogens with two attached hydrogens (primary N) is 1. The number of benzene rings is 2. The van der Waals surface area contributed by atoms with Gasteiger partial charge >= 0.3 is 0 Å². The lowest BCUT2D eigenvalue weighted by molar-refractivity contribution is 0.601. The Morgan fingerprint density at radius 1 is 1.20 bits per heavy atom. The Labute approximate surface area is 121 Å². The van der Waals surface area contributed by atoms with E-state index < -0.39 is 15.8 Å². The largest absolute Gasteiger partial charge is 0.397 e. The molecule has 0 saturated carbocycles. The van der Waals surface area contributed by atoms with E-state index in [4.69, 9.17) is 17.3 Å². The molecule has 2 aromatic rings. The zero-order valence-corrected chi connectivity index (χ0v) is 12.1. The van der Waals surface area contributed by atoms with Gasteiger partial charge < -0.3 is 5.73 Å². The van der Waals surface area contributed by atoms with Crippen molar-refractivity contribution >= 4 is 33.0 Å². The fourth-order valence-electron chi connectivity index (χ4n) is 1.65. The van der Waals surface area contributed by atoms with Gasteiger partial charge in [-0.2, -0.15) is 0 Å². The minimum atomic E-state index is -3.80. The molecule has 106 valence electrons. The summed E-state index contributed by atoms with van der Waals surface area (Å²) < 4.78 is 39.5. The molecule has 0 atom stereocenters. The summed E-state index contributed by atoms with van der Waals surface area (Å²) >= 11 is 5.90. The number of hydrogen-bond donors (Lipinski definition) is 2. The highest BCUT2D eigenvalue weighted by Crippen LogP contribution is 2.27. The number of nitrogens with one attached hydrogen (secondary N) is 1. The van der Waals surface area contributed by atoms with Gasteiger partial charge in [-0.25, -0.2) is 12.8 Å². The maximum Gasteiger partial charge on any atom is 0.261 e. The van der Waals surface area contributed by atoms with Gasteiger partial charge in [-0.15, -0.1) is 0 Å². The van der Waals surface area contributed by atoms with E-state index in [9.17, 15) is 12.8 Å². The molecule has 0 bridgehead atoms.